The Morgan fingerprint density at radius 2 is 2.12 bits per heavy atom. The fourth-order valence-corrected chi connectivity index (χ4v) is 2.36. The first-order chi connectivity index (χ1) is 7.80. The molecule has 1 N–H and O–H groups in total. The molecule has 1 aliphatic heterocycles. The lowest BCUT2D eigenvalue weighted by atomic mass is 9.92. The maximum Gasteiger partial charge on any atom is 0.151 e. The highest BCUT2D eigenvalue weighted by atomic mass is 19.1. The van der Waals surface area contributed by atoms with Gasteiger partial charge in [0.1, 0.15) is 0 Å². The Labute approximate surface area is 93.5 Å². The Kier molecular flexibility index (Phi) is 2.14. The first-order valence-electron chi connectivity index (χ1n) is 5.52. The molecular formula is C13H13FN2. The molecule has 1 unspecified atom stereocenters. The van der Waals surface area contributed by atoms with Crippen LogP contribution in [-0.4, -0.2) is 18.1 Å². The Morgan fingerprint density at radius 3 is 2.94 bits per heavy atom. The van der Waals surface area contributed by atoms with E-state index in [-0.39, 0.29) is 0 Å². The summed E-state index contributed by atoms with van der Waals surface area (Å²) >= 11 is 0. The summed E-state index contributed by atoms with van der Waals surface area (Å²) in [4.78, 5) is 4.13. The topological polar surface area (TPSA) is 24.9 Å². The molecule has 0 radical (unpaired) electrons. The van der Waals surface area contributed by atoms with E-state index in [0.29, 0.717) is 13.0 Å². The van der Waals surface area contributed by atoms with Gasteiger partial charge in [0.2, 0.25) is 0 Å². The van der Waals surface area contributed by atoms with Gasteiger partial charge in [-0.3, -0.25) is 4.98 Å². The minimum atomic E-state index is -1.26. The van der Waals surface area contributed by atoms with Crippen molar-refractivity contribution in [1.29, 1.82) is 0 Å². The molecule has 2 nitrogen and oxygen atoms in total. The number of alkyl halides is 1. The number of aromatic nitrogens is 1. The Hall–Kier alpha value is -1.48. The molecule has 3 heteroatoms. The molecule has 3 rings (SSSR count). The molecule has 1 aromatic carbocycles. The molecule has 16 heavy (non-hydrogen) atoms. The van der Waals surface area contributed by atoms with Crippen LogP contribution < -0.4 is 5.32 Å². The van der Waals surface area contributed by atoms with E-state index in [1.54, 1.807) is 12.4 Å². The lowest BCUT2D eigenvalue weighted by molar-refractivity contribution is 0.195. The van der Waals surface area contributed by atoms with Crippen LogP contribution in [0.4, 0.5) is 4.39 Å². The van der Waals surface area contributed by atoms with Crippen molar-refractivity contribution >= 4 is 10.8 Å². The van der Waals surface area contributed by atoms with Crippen molar-refractivity contribution in [1.82, 2.24) is 10.3 Å². The van der Waals surface area contributed by atoms with Gasteiger partial charge in [-0.2, -0.15) is 0 Å². The SMILES string of the molecule is FC1(c2cncc3ccccc23)CCNC1. The molecule has 1 aliphatic rings. The maximum atomic E-state index is 14.7. The summed E-state index contributed by atoms with van der Waals surface area (Å²) in [6, 6.07) is 7.83. The second kappa shape index (κ2) is 3.52. The van der Waals surface area contributed by atoms with Crippen LogP contribution >= 0.6 is 0 Å². The molecule has 0 aliphatic carbocycles. The van der Waals surface area contributed by atoms with Crippen LogP contribution in [0, 0.1) is 0 Å². The molecule has 0 spiro atoms. The van der Waals surface area contributed by atoms with Crippen LogP contribution in [0.15, 0.2) is 36.7 Å². The smallest absolute Gasteiger partial charge is 0.151 e. The highest BCUT2D eigenvalue weighted by Gasteiger charge is 2.36. The van der Waals surface area contributed by atoms with Gasteiger partial charge in [0.15, 0.2) is 5.67 Å². The van der Waals surface area contributed by atoms with E-state index in [1.807, 2.05) is 24.3 Å². The third kappa shape index (κ3) is 1.39. The number of hydrogen-bond acceptors (Lipinski definition) is 2. The number of rotatable bonds is 1. The molecule has 0 bridgehead atoms. The Balaban J connectivity index is 2.23. The second-order valence-electron chi connectivity index (χ2n) is 4.30. The predicted octanol–water partition coefficient (Wildman–Crippen LogP) is 2.39. The van der Waals surface area contributed by atoms with Gasteiger partial charge >= 0.3 is 0 Å². The van der Waals surface area contributed by atoms with Gasteiger partial charge in [0.25, 0.3) is 0 Å². The zero-order valence-electron chi connectivity index (χ0n) is 8.91. The summed E-state index contributed by atoms with van der Waals surface area (Å²) < 4.78 is 14.7. The van der Waals surface area contributed by atoms with E-state index in [4.69, 9.17) is 0 Å². The van der Waals surface area contributed by atoms with Gasteiger partial charge in [-0.25, -0.2) is 4.39 Å². The lowest BCUT2D eigenvalue weighted by Gasteiger charge is -2.20. The molecule has 1 fully saturated rings. The van der Waals surface area contributed by atoms with Gasteiger partial charge < -0.3 is 5.32 Å². The van der Waals surface area contributed by atoms with Gasteiger partial charge in [-0.15, -0.1) is 0 Å². The van der Waals surface area contributed by atoms with Crippen LogP contribution in [0.1, 0.15) is 12.0 Å². The van der Waals surface area contributed by atoms with Gasteiger partial charge in [-0.05, 0) is 18.4 Å². The highest BCUT2D eigenvalue weighted by molar-refractivity contribution is 5.85. The Bertz CT molecular complexity index is 513. The second-order valence-corrected chi connectivity index (χ2v) is 4.30. The van der Waals surface area contributed by atoms with Crippen molar-refractivity contribution in [3.63, 3.8) is 0 Å². The number of nitrogens with one attached hydrogen (secondary N) is 1. The summed E-state index contributed by atoms with van der Waals surface area (Å²) in [5.41, 5.74) is -0.538. The quantitative estimate of drug-likeness (QED) is 0.791. The summed E-state index contributed by atoms with van der Waals surface area (Å²) in [7, 11) is 0. The predicted molar refractivity (Wildman–Crippen MR) is 62.0 cm³/mol. The van der Waals surface area contributed by atoms with Crippen LogP contribution in [0.2, 0.25) is 0 Å². The number of benzene rings is 1. The molecule has 1 aromatic heterocycles. The fraction of sp³-hybridized carbons (Fsp3) is 0.308. The molecule has 0 saturated carbocycles. The Morgan fingerprint density at radius 1 is 1.25 bits per heavy atom. The van der Waals surface area contributed by atoms with E-state index in [1.165, 1.54) is 0 Å². The number of pyridine rings is 1. The average Bonchev–Trinajstić information content (AvgIpc) is 2.77. The van der Waals surface area contributed by atoms with E-state index in [0.717, 1.165) is 22.9 Å². The molecule has 1 saturated heterocycles. The van der Waals surface area contributed by atoms with Gasteiger partial charge in [0.05, 0.1) is 0 Å². The molecular weight excluding hydrogens is 203 g/mol. The minimum Gasteiger partial charge on any atom is -0.313 e. The molecule has 82 valence electrons. The molecule has 2 aromatic rings. The zero-order chi connectivity index (χ0) is 11.0. The number of fused-ring (bicyclic) bond motifs is 1. The molecule has 0 amide bonds. The summed E-state index contributed by atoms with van der Waals surface area (Å²) in [5.74, 6) is 0. The lowest BCUT2D eigenvalue weighted by Crippen LogP contribution is -2.23. The summed E-state index contributed by atoms with van der Waals surface area (Å²) in [5, 5.41) is 5.05. The summed E-state index contributed by atoms with van der Waals surface area (Å²) in [6.07, 6.45) is 3.97. The molecule has 1 atom stereocenters. The van der Waals surface area contributed by atoms with Crippen molar-refractivity contribution in [3.05, 3.63) is 42.2 Å². The zero-order valence-corrected chi connectivity index (χ0v) is 8.91. The maximum absolute atomic E-state index is 14.7. The van der Waals surface area contributed by atoms with E-state index in [2.05, 4.69) is 10.3 Å². The first kappa shape index (κ1) is 9.73. The van der Waals surface area contributed by atoms with Crippen LogP contribution in [0.25, 0.3) is 10.8 Å². The van der Waals surface area contributed by atoms with Gasteiger partial charge in [0, 0.05) is 29.9 Å². The van der Waals surface area contributed by atoms with Gasteiger partial charge in [-0.1, -0.05) is 24.3 Å². The van der Waals surface area contributed by atoms with Crippen molar-refractivity contribution in [2.75, 3.05) is 13.1 Å². The normalized spacial score (nSPS) is 25.1. The third-order valence-corrected chi connectivity index (χ3v) is 3.25. The first-order valence-corrected chi connectivity index (χ1v) is 5.52. The van der Waals surface area contributed by atoms with E-state index < -0.39 is 5.67 Å². The fourth-order valence-electron chi connectivity index (χ4n) is 2.36. The van der Waals surface area contributed by atoms with E-state index >= 15 is 0 Å². The van der Waals surface area contributed by atoms with E-state index in [9.17, 15) is 4.39 Å². The van der Waals surface area contributed by atoms with Crippen molar-refractivity contribution in [2.24, 2.45) is 0 Å². The van der Waals surface area contributed by atoms with Crippen molar-refractivity contribution in [3.8, 4) is 0 Å². The van der Waals surface area contributed by atoms with Crippen molar-refractivity contribution in [2.45, 2.75) is 12.1 Å². The minimum absolute atomic E-state index is 0.392. The number of halogens is 1. The van der Waals surface area contributed by atoms with Crippen LogP contribution in [-0.2, 0) is 5.67 Å². The van der Waals surface area contributed by atoms with Crippen molar-refractivity contribution < 1.29 is 4.39 Å². The monoisotopic (exact) mass is 216 g/mol. The number of nitrogens with zero attached hydrogens (tertiary/aromatic N) is 1. The standard InChI is InChI=1S/C13H13FN2/c14-13(5-6-15-9-13)12-8-16-7-10-3-1-2-4-11(10)12/h1-4,7-8,15H,5-6,9H2. The summed E-state index contributed by atoms with van der Waals surface area (Å²) in [6.45, 7) is 1.13. The van der Waals surface area contributed by atoms with Crippen LogP contribution in [0.3, 0.4) is 0 Å². The van der Waals surface area contributed by atoms with Crippen LogP contribution in [0.5, 0.6) is 0 Å². The highest BCUT2D eigenvalue weighted by Crippen LogP contribution is 2.35. The average molecular weight is 216 g/mol. The molecule has 2 heterocycles. The number of hydrogen-bond donors (Lipinski definition) is 1. The largest absolute Gasteiger partial charge is 0.313 e. The third-order valence-electron chi connectivity index (χ3n) is 3.25.